The van der Waals surface area contributed by atoms with E-state index in [1.807, 2.05) is 11.8 Å². The summed E-state index contributed by atoms with van der Waals surface area (Å²) in [4.78, 5) is 12.9. The van der Waals surface area contributed by atoms with E-state index in [1.165, 1.54) is 24.5 Å². The van der Waals surface area contributed by atoms with E-state index >= 15 is 0 Å². The maximum Gasteiger partial charge on any atom is 0.305 e. The lowest BCUT2D eigenvalue weighted by Gasteiger charge is -2.31. The predicted octanol–water partition coefficient (Wildman–Crippen LogP) is 2.09. The monoisotopic (exact) mass is 275 g/mol. The molecule has 1 heterocycles. The summed E-state index contributed by atoms with van der Waals surface area (Å²) in [5, 5.41) is 8.54. The lowest BCUT2D eigenvalue weighted by Crippen LogP contribution is -2.37. The van der Waals surface area contributed by atoms with Gasteiger partial charge in [-0.15, -0.1) is 0 Å². The molecule has 0 amide bonds. The minimum Gasteiger partial charge on any atom is -0.481 e. The largest absolute Gasteiger partial charge is 0.481 e. The Labute approximate surface area is 114 Å². The highest BCUT2D eigenvalue weighted by molar-refractivity contribution is 7.99. The van der Waals surface area contributed by atoms with Crippen molar-refractivity contribution in [3.63, 3.8) is 0 Å². The number of rotatable bonds is 9. The van der Waals surface area contributed by atoms with E-state index < -0.39 is 5.97 Å². The molecule has 0 aromatic carbocycles. The Balaban J connectivity index is 2.00. The van der Waals surface area contributed by atoms with Crippen molar-refractivity contribution < 1.29 is 14.6 Å². The lowest BCUT2D eigenvalue weighted by molar-refractivity contribution is -0.138. The van der Waals surface area contributed by atoms with Crippen molar-refractivity contribution in [1.82, 2.24) is 4.90 Å². The molecule has 1 N–H and O–H groups in total. The summed E-state index contributed by atoms with van der Waals surface area (Å²) < 4.78 is 5.57. The zero-order chi connectivity index (χ0) is 13.2. The first-order chi connectivity index (χ1) is 8.72. The maximum atomic E-state index is 10.4. The van der Waals surface area contributed by atoms with E-state index in [2.05, 4.69) is 11.8 Å². The number of carboxylic acids is 1. The number of hydrogen-bond donors (Lipinski definition) is 1. The molecule has 0 aromatic heterocycles. The highest BCUT2D eigenvalue weighted by Crippen LogP contribution is 2.14. The normalized spacial score (nSPS) is 18.1. The van der Waals surface area contributed by atoms with Crippen molar-refractivity contribution in [2.24, 2.45) is 0 Å². The fourth-order valence-electron chi connectivity index (χ4n) is 2.15. The van der Waals surface area contributed by atoms with Crippen molar-refractivity contribution >= 4 is 17.7 Å². The van der Waals surface area contributed by atoms with Crippen LogP contribution in [-0.4, -0.2) is 59.8 Å². The van der Waals surface area contributed by atoms with Crippen LogP contribution in [0.3, 0.4) is 0 Å². The molecule has 4 nitrogen and oxygen atoms in total. The molecule has 0 spiro atoms. The first-order valence-corrected chi connectivity index (χ1v) is 8.01. The first-order valence-electron chi connectivity index (χ1n) is 6.86. The molecule has 0 atom stereocenters. The van der Waals surface area contributed by atoms with E-state index in [-0.39, 0.29) is 12.5 Å². The number of piperidine rings is 1. The minimum absolute atomic E-state index is 0.119. The molecule has 1 saturated heterocycles. The van der Waals surface area contributed by atoms with Crippen LogP contribution in [0.4, 0.5) is 0 Å². The second kappa shape index (κ2) is 9.64. The van der Waals surface area contributed by atoms with E-state index in [4.69, 9.17) is 9.84 Å². The number of carboxylic acid groups (broad SMARTS) is 1. The fraction of sp³-hybridized carbons (Fsp3) is 0.923. The highest BCUT2D eigenvalue weighted by Gasteiger charge is 2.19. The third-order valence-corrected chi connectivity index (χ3v) is 4.16. The van der Waals surface area contributed by atoms with E-state index in [9.17, 15) is 4.79 Å². The van der Waals surface area contributed by atoms with Crippen molar-refractivity contribution in [3.8, 4) is 0 Å². The van der Waals surface area contributed by atoms with Gasteiger partial charge in [-0.2, -0.15) is 11.8 Å². The molecular weight excluding hydrogens is 250 g/mol. The van der Waals surface area contributed by atoms with Crippen LogP contribution in [0.15, 0.2) is 0 Å². The van der Waals surface area contributed by atoms with Gasteiger partial charge in [0.2, 0.25) is 0 Å². The fourth-order valence-corrected chi connectivity index (χ4v) is 2.77. The molecule has 0 aromatic rings. The Morgan fingerprint density at radius 2 is 2.17 bits per heavy atom. The van der Waals surface area contributed by atoms with Gasteiger partial charge >= 0.3 is 5.97 Å². The number of carbonyl (C=O) groups is 1. The van der Waals surface area contributed by atoms with Crippen molar-refractivity contribution in [1.29, 1.82) is 0 Å². The number of hydrogen-bond acceptors (Lipinski definition) is 4. The molecule has 0 bridgehead atoms. The molecule has 0 aliphatic carbocycles. The number of aliphatic carboxylic acids is 1. The van der Waals surface area contributed by atoms with Crippen LogP contribution < -0.4 is 0 Å². The van der Waals surface area contributed by atoms with E-state index in [0.717, 1.165) is 25.9 Å². The van der Waals surface area contributed by atoms with Crippen molar-refractivity contribution in [3.05, 3.63) is 0 Å². The molecule has 106 valence electrons. The smallest absolute Gasteiger partial charge is 0.305 e. The van der Waals surface area contributed by atoms with Crippen LogP contribution >= 0.6 is 11.8 Å². The van der Waals surface area contributed by atoms with Gasteiger partial charge in [0.25, 0.3) is 0 Å². The van der Waals surface area contributed by atoms with E-state index in [0.29, 0.717) is 6.61 Å². The third-order valence-electron chi connectivity index (χ3n) is 3.17. The molecule has 1 aliphatic heterocycles. The van der Waals surface area contributed by atoms with Gasteiger partial charge in [0, 0.05) is 13.1 Å². The van der Waals surface area contributed by atoms with Crippen LogP contribution in [0, 0.1) is 0 Å². The summed E-state index contributed by atoms with van der Waals surface area (Å²) in [7, 11) is 0. The van der Waals surface area contributed by atoms with Gasteiger partial charge in [0.15, 0.2) is 0 Å². The van der Waals surface area contributed by atoms with Gasteiger partial charge in [-0.3, -0.25) is 4.79 Å². The Bertz CT molecular complexity index is 230. The Hall–Kier alpha value is -0.260. The maximum absolute atomic E-state index is 10.4. The van der Waals surface area contributed by atoms with Crippen molar-refractivity contribution in [2.75, 3.05) is 37.7 Å². The zero-order valence-corrected chi connectivity index (χ0v) is 12.1. The molecule has 0 unspecified atom stereocenters. The lowest BCUT2D eigenvalue weighted by atomic mass is 10.1. The molecule has 0 saturated carbocycles. The molecule has 1 rings (SSSR count). The van der Waals surface area contributed by atoms with Gasteiger partial charge in [0.1, 0.15) is 0 Å². The predicted molar refractivity (Wildman–Crippen MR) is 75.3 cm³/mol. The van der Waals surface area contributed by atoms with Gasteiger partial charge in [-0.1, -0.05) is 6.92 Å². The average Bonchev–Trinajstić information content (AvgIpc) is 2.36. The summed E-state index contributed by atoms with van der Waals surface area (Å²) in [6.45, 7) is 5.93. The Morgan fingerprint density at radius 3 is 2.78 bits per heavy atom. The third kappa shape index (κ3) is 7.24. The van der Waals surface area contributed by atoms with Crippen LogP contribution in [0.2, 0.25) is 0 Å². The first kappa shape index (κ1) is 15.8. The SMILES string of the molecule is CCSCCCN1CCC(OCCC(=O)O)CC1. The summed E-state index contributed by atoms with van der Waals surface area (Å²) in [6, 6.07) is 0. The topological polar surface area (TPSA) is 49.8 Å². The number of ether oxygens (including phenoxy) is 1. The van der Waals surface area contributed by atoms with Crippen LogP contribution in [-0.2, 0) is 9.53 Å². The van der Waals surface area contributed by atoms with Crippen molar-refractivity contribution in [2.45, 2.75) is 38.7 Å². The van der Waals surface area contributed by atoms with Gasteiger partial charge in [-0.05, 0) is 37.3 Å². The van der Waals surface area contributed by atoms with Gasteiger partial charge < -0.3 is 14.7 Å². The quantitative estimate of drug-likeness (QED) is 0.653. The second-order valence-electron chi connectivity index (χ2n) is 4.61. The van der Waals surface area contributed by atoms with Gasteiger partial charge in [0.05, 0.1) is 19.1 Å². The number of nitrogens with zero attached hydrogens (tertiary/aromatic N) is 1. The standard InChI is InChI=1S/C13H25NO3S/c1-2-18-11-3-7-14-8-4-12(5-9-14)17-10-6-13(15)16/h12H,2-11H2,1H3,(H,15,16). The van der Waals surface area contributed by atoms with Crippen LogP contribution in [0.25, 0.3) is 0 Å². The Kier molecular flexibility index (Phi) is 8.46. The number of likely N-dealkylation sites (tertiary alicyclic amines) is 1. The van der Waals surface area contributed by atoms with Gasteiger partial charge in [-0.25, -0.2) is 0 Å². The molecule has 0 radical (unpaired) electrons. The van der Waals surface area contributed by atoms with E-state index in [1.54, 1.807) is 0 Å². The molecule has 1 aliphatic rings. The molecule has 1 fully saturated rings. The molecule has 5 heteroatoms. The summed E-state index contributed by atoms with van der Waals surface area (Å²) in [6.07, 6.45) is 3.74. The average molecular weight is 275 g/mol. The minimum atomic E-state index is -0.777. The molecule has 18 heavy (non-hydrogen) atoms. The van der Waals surface area contributed by atoms with Crippen LogP contribution in [0.1, 0.15) is 32.6 Å². The summed E-state index contributed by atoms with van der Waals surface area (Å²) in [5.41, 5.74) is 0. The highest BCUT2D eigenvalue weighted by atomic mass is 32.2. The summed E-state index contributed by atoms with van der Waals surface area (Å²) >= 11 is 2.00. The zero-order valence-electron chi connectivity index (χ0n) is 11.3. The van der Waals surface area contributed by atoms with Crippen LogP contribution in [0.5, 0.6) is 0 Å². The molecular formula is C13H25NO3S. The Morgan fingerprint density at radius 1 is 1.44 bits per heavy atom. The summed E-state index contributed by atoms with van der Waals surface area (Å²) in [5.74, 6) is 1.69. The number of thioether (sulfide) groups is 1. The second-order valence-corrected chi connectivity index (χ2v) is 6.00.